The fourth-order valence-electron chi connectivity index (χ4n) is 2.68. The molecule has 0 aliphatic heterocycles. The number of aromatic nitrogens is 2. The van der Waals surface area contributed by atoms with E-state index in [9.17, 15) is 9.59 Å². The molecule has 0 bridgehead atoms. The lowest BCUT2D eigenvalue weighted by atomic mass is 9.96. The first-order chi connectivity index (χ1) is 9.63. The van der Waals surface area contributed by atoms with Crippen molar-refractivity contribution in [3.05, 3.63) is 12.3 Å². The van der Waals surface area contributed by atoms with E-state index in [1.165, 1.54) is 30.4 Å². The van der Waals surface area contributed by atoms with Crippen LogP contribution in [0.2, 0.25) is 0 Å². The van der Waals surface area contributed by atoms with Gasteiger partial charge in [0.05, 0.1) is 0 Å². The molecule has 1 saturated carbocycles. The third kappa shape index (κ3) is 4.68. The topological polar surface area (TPSA) is 84.2 Å². The number of carbonyl (C=O) groups excluding carboxylic acids is 1. The van der Waals surface area contributed by atoms with Crippen molar-refractivity contribution in [3.63, 3.8) is 0 Å². The number of amides is 1. The SMILES string of the molecule is O=C(O)Cn1ccc(NC(=O)CC2CCCCCC2)n1. The molecular weight excluding hydrogens is 258 g/mol. The van der Waals surface area contributed by atoms with Gasteiger partial charge in [0.1, 0.15) is 6.54 Å². The van der Waals surface area contributed by atoms with Crippen LogP contribution in [0.15, 0.2) is 12.3 Å². The lowest BCUT2D eigenvalue weighted by Gasteiger charge is -2.12. The first-order valence-electron chi connectivity index (χ1n) is 7.18. The van der Waals surface area contributed by atoms with Crippen LogP contribution in [0.4, 0.5) is 5.82 Å². The van der Waals surface area contributed by atoms with Crippen molar-refractivity contribution in [1.29, 1.82) is 0 Å². The van der Waals surface area contributed by atoms with Crippen molar-refractivity contribution in [2.75, 3.05) is 5.32 Å². The predicted octanol–water partition coefficient (Wildman–Crippen LogP) is 2.27. The quantitative estimate of drug-likeness (QED) is 0.810. The van der Waals surface area contributed by atoms with Crippen LogP contribution in [0.1, 0.15) is 44.9 Å². The molecule has 1 aromatic rings. The monoisotopic (exact) mass is 279 g/mol. The van der Waals surface area contributed by atoms with E-state index in [2.05, 4.69) is 10.4 Å². The highest BCUT2D eigenvalue weighted by Gasteiger charge is 2.16. The first-order valence-corrected chi connectivity index (χ1v) is 7.18. The van der Waals surface area contributed by atoms with Crippen molar-refractivity contribution >= 4 is 17.7 Å². The molecule has 1 heterocycles. The van der Waals surface area contributed by atoms with Gasteiger partial charge in [-0.15, -0.1) is 0 Å². The third-order valence-electron chi connectivity index (χ3n) is 3.65. The Morgan fingerprint density at radius 1 is 1.30 bits per heavy atom. The van der Waals surface area contributed by atoms with E-state index in [1.54, 1.807) is 12.3 Å². The number of carbonyl (C=O) groups is 2. The summed E-state index contributed by atoms with van der Waals surface area (Å²) < 4.78 is 1.30. The lowest BCUT2D eigenvalue weighted by molar-refractivity contribution is -0.137. The van der Waals surface area contributed by atoms with Gasteiger partial charge < -0.3 is 10.4 Å². The third-order valence-corrected chi connectivity index (χ3v) is 3.65. The van der Waals surface area contributed by atoms with Gasteiger partial charge in [-0.25, -0.2) is 0 Å². The maximum atomic E-state index is 11.9. The molecule has 1 fully saturated rings. The summed E-state index contributed by atoms with van der Waals surface area (Å²) in [4.78, 5) is 22.5. The standard InChI is InChI=1S/C14H21N3O3/c18-13(9-11-5-3-1-2-4-6-11)15-12-7-8-17(16-12)10-14(19)20/h7-8,11H,1-6,9-10H2,(H,19,20)(H,15,16,18). The smallest absolute Gasteiger partial charge is 0.325 e. The molecule has 20 heavy (non-hydrogen) atoms. The molecule has 110 valence electrons. The number of carboxylic acids is 1. The molecule has 1 aliphatic carbocycles. The Hall–Kier alpha value is -1.85. The van der Waals surface area contributed by atoms with Gasteiger partial charge in [-0.3, -0.25) is 14.3 Å². The number of hydrogen-bond acceptors (Lipinski definition) is 3. The van der Waals surface area contributed by atoms with E-state index < -0.39 is 5.97 Å². The largest absolute Gasteiger partial charge is 0.480 e. The molecule has 6 nitrogen and oxygen atoms in total. The fraction of sp³-hybridized carbons (Fsp3) is 0.643. The van der Waals surface area contributed by atoms with Crippen LogP contribution < -0.4 is 5.32 Å². The molecule has 2 N–H and O–H groups in total. The van der Waals surface area contributed by atoms with Gasteiger partial charge >= 0.3 is 5.97 Å². The van der Waals surface area contributed by atoms with Gasteiger partial charge in [0, 0.05) is 18.7 Å². The minimum atomic E-state index is -0.954. The van der Waals surface area contributed by atoms with Gasteiger partial charge in [0.25, 0.3) is 0 Å². The Morgan fingerprint density at radius 2 is 2.00 bits per heavy atom. The molecule has 0 saturated heterocycles. The average molecular weight is 279 g/mol. The zero-order valence-electron chi connectivity index (χ0n) is 11.5. The Labute approximate surface area is 118 Å². The molecule has 0 unspecified atom stereocenters. The normalized spacial score (nSPS) is 16.6. The van der Waals surface area contributed by atoms with Crippen LogP contribution in [0.3, 0.4) is 0 Å². The highest BCUT2D eigenvalue weighted by Crippen LogP contribution is 2.25. The minimum Gasteiger partial charge on any atom is -0.480 e. The van der Waals surface area contributed by atoms with Crippen molar-refractivity contribution in [3.8, 4) is 0 Å². The molecule has 0 radical (unpaired) electrons. The van der Waals surface area contributed by atoms with Gasteiger partial charge in [-0.2, -0.15) is 5.10 Å². The van der Waals surface area contributed by atoms with Crippen molar-refractivity contribution in [2.24, 2.45) is 5.92 Å². The summed E-state index contributed by atoms with van der Waals surface area (Å²) in [6.07, 6.45) is 9.31. The highest BCUT2D eigenvalue weighted by atomic mass is 16.4. The predicted molar refractivity (Wildman–Crippen MR) is 74.3 cm³/mol. The number of aliphatic carboxylic acids is 1. The highest BCUT2D eigenvalue weighted by molar-refractivity contribution is 5.89. The second-order valence-electron chi connectivity index (χ2n) is 5.40. The summed E-state index contributed by atoms with van der Waals surface area (Å²) in [7, 11) is 0. The summed E-state index contributed by atoms with van der Waals surface area (Å²) in [6, 6.07) is 1.62. The molecule has 2 rings (SSSR count). The van der Waals surface area contributed by atoms with Crippen LogP contribution in [0.25, 0.3) is 0 Å². The van der Waals surface area contributed by atoms with Crippen LogP contribution >= 0.6 is 0 Å². The summed E-state index contributed by atoms with van der Waals surface area (Å²) in [5.41, 5.74) is 0. The van der Waals surface area contributed by atoms with Crippen molar-refractivity contribution in [2.45, 2.75) is 51.5 Å². The van der Waals surface area contributed by atoms with E-state index in [-0.39, 0.29) is 12.5 Å². The Morgan fingerprint density at radius 3 is 2.65 bits per heavy atom. The van der Waals surface area contributed by atoms with E-state index in [0.717, 1.165) is 12.8 Å². The van der Waals surface area contributed by atoms with Crippen molar-refractivity contribution in [1.82, 2.24) is 9.78 Å². The van der Waals surface area contributed by atoms with Crippen LogP contribution in [-0.4, -0.2) is 26.8 Å². The van der Waals surface area contributed by atoms with Gasteiger partial charge in [-0.1, -0.05) is 25.7 Å². The van der Waals surface area contributed by atoms with Crippen LogP contribution in [-0.2, 0) is 16.1 Å². The second-order valence-corrected chi connectivity index (χ2v) is 5.40. The fourth-order valence-corrected chi connectivity index (χ4v) is 2.68. The average Bonchev–Trinajstić information content (AvgIpc) is 2.63. The van der Waals surface area contributed by atoms with Gasteiger partial charge in [-0.05, 0) is 18.8 Å². The zero-order valence-corrected chi connectivity index (χ0v) is 11.5. The number of nitrogens with zero attached hydrogens (tertiary/aromatic N) is 2. The molecule has 0 aromatic carbocycles. The Bertz CT molecular complexity index is 462. The molecule has 1 aromatic heterocycles. The minimum absolute atomic E-state index is 0.0301. The second kappa shape index (κ2) is 7.07. The summed E-state index contributed by atoms with van der Waals surface area (Å²) in [5, 5.41) is 15.4. The zero-order chi connectivity index (χ0) is 14.4. The maximum Gasteiger partial charge on any atom is 0.325 e. The summed E-state index contributed by atoms with van der Waals surface area (Å²) in [6.45, 7) is -0.196. The number of carboxylic acid groups (broad SMARTS) is 1. The lowest BCUT2D eigenvalue weighted by Crippen LogP contribution is -2.17. The maximum absolute atomic E-state index is 11.9. The van der Waals surface area contributed by atoms with Gasteiger partial charge in [0.2, 0.25) is 5.91 Å². The molecule has 1 aliphatic rings. The van der Waals surface area contributed by atoms with E-state index in [0.29, 0.717) is 18.2 Å². The van der Waals surface area contributed by atoms with Gasteiger partial charge in [0.15, 0.2) is 5.82 Å². The van der Waals surface area contributed by atoms with E-state index in [4.69, 9.17) is 5.11 Å². The van der Waals surface area contributed by atoms with E-state index in [1.807, 2.05) is 0 Å². The van der Waals surface area contributed by atoms with Crippen LogP contribution in [0.5, 0.6) is 0 Å². The number of hydrogen-bond donors (Lipinski definition) is 2. The van der Waals surface area contributed by atoms with Crippen LogP contribution in [0, 0.1) is 5.92 Å². The first kappa shape index (κ1) is 14.6. The molecule has 6 heteroatoms. The molecular formula is C14H21N3O3. The number of anilines is 1. The Balaban J connectivity index is 1.81. The van der Waals surface area contributed by atoms with Crippen molar-refractivity contribution < 1.29 is 14.7 Å². The summed E-state index contributed by atoms with van der Waals surface area (Å²) in [5.74, 6) is -0.0922. The molecule has 1 amide bonds. The number of nitrogens with one attached hydrogen (secondary N) is 1. The van der Waals surface area contributed by atoms with E-state index >= 15 is 0 Å². The Kier molecular flexibility index (Phi) is 5.15. The number of rotatable bonds is 5. The molecule has 0 spiro atoms. The summed E-state index contributed by atoms with van der Waals surface area (Å²) >= 11 is 0. The molecule has 0 atom stereocenters.